The van der Waals surface area contributed by atoms with Crippen molar-refractivity contribution < 1.29 is 14.3 Å². The number of nitrogens with one attached hydrogen (secondary N) is 2. The van der Waals surface area contributed by atoms with E-state index < -0.39 is 0 Å². The number of anilines is 1. The molecule has 0 unspecified atom stereocenters. The Morgan fingerprint density at radius 2 is 1.78 bits per heavy atom. The SMILES string of the molecule is COc1ccc(-c2nc(NC(=O)c3sc(-c4ccc(C)cc4C)nc3C)n[nH]2)c(OC)c1. The second kappa shape index (κ2) is 8.80. The van der Waals surface area contributed by atoms with Crippen LogP contribution in [0.15, 0.2) is 36.4 Å². The third-order valence-electron chi connectivity index (χ3n) is 4.99. The summed E-state index contributed by atoms with van der Waals surface area (Å²) in [5.41, 5.74) is 4.70. The van der Waals surface area contributed by atoms with E-state index in [-0.39, 0.29) is 11.9 Å². The summed E-state index contributed by atoms with van der Waals surface area (Å²) in [6.07, 6.45) is 0. The molecule has 0 aliphatic heterocycles. The number of ether oxygens (including phenoxy) is 2. The van der Waals surface area contributed by atoms with Gasteiger partial charge in [0.05, 0.1) is 25.5 Å². The highest BCUT2D eigenvalue weighted by molar-refractivity contribution is 7.17. The fraction of sp³-hybridized carbons (Fsp3) is 0.217. The van der Waals surface area contributed by atoms with Crippen LogP contribution >= 0.6 is 11.3 Å². The molecule has 2 aromatic heterocycles. The Balaban J connectivity index is 1.56. The Bertz CT molecular complexity index is 1290. The molecular formula is C23H23N5O3S. The molecule has 0 radical (unpaired) electrons. The molecule has 32 heavy (non-hydrogen) atoms. The number of thiazole rings is 1. The van der Waals surface area contributed by atoms with Crippen LogP contribution in [0.2, 0.25) is 0 Å². The van der Waals surface area contributed by atoms with Crippen molar-refractivity contribution in [2.24, 2.45) is 0 Å². The number of carbonyl (C=O) groups is 1. The number of rotatable bonds is 6. The van der Waals surface area contributed by atoms with Gasteiger partial charge in [-0.15, -0.1) is 16.4 Å². The molecule has 2 heterocycles. The maximum Gasteiger partial charge on any atom is 0.270 e. The number of carbonyl (C=O) groups excluding carboxylic acids is 1. The standard InChI is InChI=1S/C23H23N5O3S/c1-12-6-8-16(13(2)10-12)22-24-14(3)19(32-22)21(29)26-23-25-20(27-28-23)17-9-7-15(30-4)11-18(17)31-5/h6-11H,1-5H3,(H2,25,26,27,28,29). The lowest BCUT2D eigenvalue weighted by atomic mass is 10.1. The van der Waals surface area contributed by atoms with Crippen LogP contribution in [0.3, 0.4) is 0 Å². The van der Waals surface area contributed by atoms with E-state index in [1.54, 1.807) is 26.4 Å². The molecule has 2 N–H and O–H groups in total. The van der Waals surface area contributed by atoms with Gasteiger partial charge in [-0.25, -0.2) is 4.98 Å². The van der Waals surface area contributed by atoms with Crippen LogP contribution in [0.25, 0.3) is 22.0 Å². The molecule has 9 heteroatoms. The predicted molar refractivity (Wildman–Crippen MR) is 125 cm³/mol. The number of aromatic amines is 1. The molecule has 2 aromatic carbocycles. The maximum absolute atomic E-state index is 12.9. The first kappa shape index (κ1) is 21.5. The van der Waals surface area contributed by atoms with Crippen molar-refractivity contribution in [3.63, 3.8) is 0 Å². The lowest BCUT2D eigenvalue weighted by molar-refractivity contribution is 0.102. The maximum atomic E-state index is 12.9. The Labute approximate surface area is 189 Å². The van der Waals surface area contributed by atoms with Crippen LogP contribution in [0.4, 0.5) is 5.95 Å². The Morgan fingerprint density at radius 1 is 1.00 bits per heavy atom. The number of methoxy groups -OCH3 is 2. The number of hydrogen-bond donors (Lipinski definition) is 2. The minimum absolute atomic E-state index is 0.170. The van der Waals surface area contributed by atoms with Gasteiger partial charge in [0.2, 0.25) is 5.95 Å². The fourth-order valence-corrected chi connectivity index (χ4v) is 4.42. The number of amides is 1. The summed E-state index contributed by atoms with van der Waals surface area (Å²) in [5.74, 6) is 1.58. The average molecular weight is 450 g/mol. The number of benzene rings is 2. The van der Waals surface area contributed by atoms with Crippen molar-refractivity contribution in [3.8, 4) is 33.5 Å². The highest BCUT2D eigenvalue weighted by atomic mass is 32.1. The Kier molecular flexibility index (Phi) is 5.91. The number of hydrogen-bond acceptors (Lipinski definition) is 7. The minimum atomic E-state index is -0.303. The molecule has 4 aromatic rings. The summed E-state index contributed by atoms with van der Waals surface area (Å²) in [6, 6.07) is 11.6. The van der Waals surface area contributed by atoms with Gasteiger partial charge in [-0.05, 0) is 38.5 Å². The van der Waals surface area contributed by atoms with E-state index in [9.17, 15) is 4.79 Å². The molecule has 0 fully saturated rings. The first-order valence-corrected chi connectivity index (χ1v) is 10.7. The monoisotopic (exact) mass is 449 g/mol. The first-order valence-electron chi connectivity index (χ1n) is 9.90. The topological polar surface area (TPSA) is 102 Å². The lowest BCUT2D eigenvalue weighted by Gasteiger charge is -2.07. The molecule has 0 aliphatic rings. The number of aryl methyl sites for hydroxylation is 3. The van der Waals surface area contributed by atoms with Gasteiger partial charge in [0, 0.05) is 11.6 Å². The summed E-state index contributed by atoms with van der Waals surface area (Å²) >= 11 is 1.35. The smallest absolute Gasteiger partial charge is 0.270 e. The summed E-state index contributed by atoms with van der Waals surface area (Å²) in [7, 11) is 3.15. The Hall–Kier alpha value is -3.72. The third kappa shape index (κ3) is 4.19. The molecule has 0 saturated carbocycles. The van der Waals surface area contributed by atoms with Crippen molar-refractivity contribution in [3.05, 3.63) is 58.1 Å². The second-order valence-electron chi connectivity index (χ2n) is 7.28. The van der Waals surface area contributed by atoms with E-state index in [2.05, 4.69) is 38.5 Å². The lowest BCUT2D eigenvalue weighted by Crippen LogP contribution is -2.12. The van der Waals surface area contributed by atoms with Crippen molar-refractivity contribution >= 4 is 23.2 Å². The quantitative estimate of drug-likeness (QED) is 0.439. The van der Waals surface area contributed by atoms with E-state index in [1.165, 1.54) is 16.9 Å². The molecule has 0 atom stereocenters. The average Bonchev–Trinajstić information content (AvgIpc) is 3.39. The van der Waals surface area contributed by atoms with Gasteiger partial charge in [0.1, 0.15) is 21.4 Å². The van der Waals surface area contributed by atoms with Crippen LogP contribution < -0.4 is 14.8 Å². The minimum Gasteiger partial charge on any atom is -0.497 e. The van der Waals surface area contributed by atoms with Gasteiger partial charge in [-0.1, -0.05) is 23.8 Å². The number of aromatic nitrogens is 4. The molecule has 8 nitrogen and oxygen atoms in total. The molecule has 164 valence electrons. The van der Waals surface area contributed by atoms with Gasteiger partial charge in [0.15, 0.2) is 5.82 Å². The van der Waals surface area contributed by atoms with Crippen LogP contribution in [0, 0.1) is 20.8 Å². The summed E-state index contributed by atoms with van der Waals surface area (Å²) in [6.45, 7) is 5.92. The zero-order chi connectivity index (χ0) is 22.8. The highest BCUT2D eigenvalue weighted by Gasteiger charge is 2.19. The van der Waals surface area contributed by atoms with Crippen LogP contribution in [-0.2, 0) is 0 Å². The van der Waals surface area contributed by atoms with Crippen LogP contribution in [0.5, 0.6) is 11.5 Å². The van der Waals surface area contributed by atoms with Crippen molar-refractivity contribution in [2.45, 2.75) is 20.8 Å². The number of nitrogens with zero attached hydrogens (tertiary/aromatic N) is 3. The fourth-order valence-electron chi connectivity index (χ4n) is 3.37. The highest BCUT2D eigenvalue weighted by Crippen LogP contribution is 2.33. The largest absolute Gasteiger partial charge is 0.497 e. The molecule has 0 aliphatic carbocycles. The summed E-state index contributed by atoms with van der Waals surface area (Å²) in [4.78, 5) is 22.4. The van der Waals surface area contributed by atoms with Gasteiger partial charge in [-0.3, -0.25) is 15.2 Å². The van der Waals surface area contributed by atoms with E-state index in [1.807, 2.05) is 32.0 Å². The summed E-state index contributed by atoms with van der Waals surface area (Å²) in [5, 5.41) is 10.5. The first-order chi connectivity index (χ1) is 15.4. The van der Waals surface area contributed by atoms with Crippen molar-refractivity contribution in [1.82, 2.24) is 20.2 Å². The third-order valence-corrected chi connectivity index (χ3v) is 6.18. The van der Waals surface area contributed by atoms with Crippen LogP contribution in [0.1, 0.15) is 26.5 Å². The molecule has 4 rings (SSSR count). The summed E-state index contributed by atoms with van der Waals surface area (Å²) < 4.78 is 10.6. The second-order valence-corrected chi connectivity index (χ2v) is 8.28. The Morgan fingerprint density at radius 3 is 2.50 bits per heavy atom. The van der Waals surface area contributed by atoms with Gasteiger partial charge < -0.3 is 9.47 Å². The van der Waals surface area contributed by atoms with E-state index >= 15 is 0 Å². The molecule has 0 spiro atoms. The molecule has 1 amide bonds. The van der Waals surface area contributed by atoms with Crippen molar-refractivity contribution in [2.75, 3.05) is 19.5 Å². The number of H-pyrrole nitrogens is 1. The molecule has 0 saturated heterocycles. The molecular weight excluding hydrogens is 426 g/mol. The zero-order valence-corrected chi connectivity index (χ0v) is 19.3. The van der Waals surface area contributed by atoms with Gasteiger partial charge >= 0.3 is 0 Å². The predicted octanol–water partition coefficient (Wildman–Crippen LogP) is 4.79. The normalized spacial score (nSPS) is 10.8. The zero-order valence-electron chi connectivity index (χ0n) is 18.4. The van der Waals surface area contributed by atoms with E-state index in [0.717, 1.165) is 16.1 Å². The van der Waals surface area contributed by atoms with Gasteiger partial charge in [0.25, 0.3) is 5.91 Å². The molecule has 0 bridgehead atoms. The van der Waals surface area contributed by atoms with E-state index in [4.69, 9.17) is 9.47 Å². The van der Waals surface area contributed by atoms with Crippen LogP contribution in [-0.4, -0.2) is 40.3 Å². The van der Waals surface area contributed by atoms with Gasteiger partial charge in [-0.2, -0.15) is 4.98 Å². The van der Waals surface area contributed by atoms with Crippen molar-refractivity contribution in [1.29, 1.82) is 0 Å². The van der Waals surface area contributed by atoms with E-state index in [0.29, 0.717) is 33.5 Å².